The number of aromatic amines is 1. The van der Waals surface area contributed by atoms with E-state index in [0.717, 1.165) is 71.5 Å². The zero-order valence-electron chi connectivity index (χ0n) is 17.5. The number of hydrogen-bond donors (Lipinski definition) is 2. The van der Waals surface area contributed by atoms with Gasteiger partial charge in [0.1, 0.15) is 0 Å². The summed E-state index contributed by atoms with van der Waals surface area (Å²) < 4.78 is 2.24. The van der Waals surface area contributed by atoms with Crippen molar-refractivity contribution in [2.75, 3.05) is 0 Å². The van der Waals surface area contributed by atoms with Crippen molar-refractivity contribution in [1.82, 2.24) is 19.5 Å². The zero-order valence-corrected chi connectivity index (χ0v) is 17.5. The number of benzene rings is 1. The lowest BCUT2D eigenvalue weighted by Crippen LogP contribution is -2.14. The Hall–Kier alpha value is -3.41. The normalized spacial score (nSPS) is 11.3. The average Bonchev–Trinajstić information content (AvgIpc) is 3.36. The van der Waals surface area contributed by atoms with Crippen molar-refractivity contribution < 1.29 is 4.79 Å². The van der Waals surface area contributed by atoms with Crippen LogP contribution in [0.2, 0.25) is 0 Å². The minimum absolute atomic E-state index is 0.407. The number of amides is 1. The van der Waals surface area contributed by atoms with Gasteiger partial charge in [-0.15, -0.1) is 0 Å². The summed E-state index contributed by atoms with van der Waals surface area (Å²) in [5, 5.41) is 1.08. The number of imidazole rings is 1. The summed E-state index contributed by atoms with van der Waals surface area (Å²) in [5.74, 6) is -0.407. The first-order valence-electron chi connectivity index (χ1n) is 10.4. The molecule has 154 valence electrons. The number of carbonyl (C=O) groups is 1. The molecule has 3 aromatic heterocycles. The number of unbranched alkanes of at least 4 members (excludes halogenated alkanes) is 1. The van der Waals surface area contributed by atoms with E-state index >= 15 is 0 Å². The summed E-state index contributed by atoms with van der Waals surface area (Å²) >= 11 is 0. The fraction of sp³-hybridized carbons (Fsp3) is 0.292. The van der Waals surface area contributed by atoms with Crippen molar-refractivity contribution in [2.24, 2.45) is 5.73 Å². The van der Waals surface area contributed by atoms with E-state index < -0.39 is 5.91 Å². The van der Waals surface area contributed by atoms with Crippen LogP contribution in [0.4, 0.5) is 0 Å². The van der Waals surface area contributed by atoms with Crippen LogP contribution in [0, 0.1) is 6.92 Å². The highest BCUT2D eigenvalue weighted by molar-refractivity contribution is 6.02. The standard InChI is InChI=1S/C24H27N5O/c1-3-4-9-21-23(20-11-10-17-7-5-6-8-19(17)28-20)22(24(25)30)16(2)29(21)13-12-18-14-26-15-27-18/h5-8,10-11,14-15H,3-4,9,12-13H2,1-2H3,(H2,25,30)(H,26,27). The first kappa shape index (κ1) is 19.9. The lowest BCUT2D eigenvalue weighted by Gasteiger charge is -2.13. The Balaban J connectivity index is 1.87. The smallest absolute Gasteiger partial charge is 0.251 e. The van der Waals surface area contributed by atoms with Gasteiger partial charge in [0.25, 0.3) is 5.91 Å². The summed E-state index contributed by atoms with van der Waals surface area (Å²) in [7, 11) is 0. The van der Waals surface area contributed by atoms with Gasteiger partial charge in [0.15, 0.2) is 0 Å². The number of nitrogens with one attached hydrogen (secondary N) is 1. The molecule has 0 fully saturated rings. The van der Waals surface area contributed by atoms with E-state index in [1.54, 1.807) is 6.33 Å². The second kappa shape index (κ2) is 8.53. The van der Waals surface area contributed by atoms with Crippen LogP contribution in [0.1, 0.15) is 47.2 Å². The molecule has 30 heavy (non-hydrogen) atoms. The van der Waals surface area contributed by atoms with Crippen molar-refractivity contribution in [3.05, 3.63) is 71.6 Å². The van der Waals surface area contributed by atoms with Crippen LogP contribution >= 0.6 is 0 Å². The summed E-state index contributed by atoms with van der Waals surface area (Å²) in [6, 6.07) is 12.1. The molecule has 0 unspecified atom stereocenters. The number of aryl methyl sites for hydroxylation is 1. The third kappa shape index (κ3) is 3.73. The zero-order chi connectivity index (χ0) is 21.1. The molecular weight excluding hydrogens is 374 g/mol. The van der Waals surface area contributed by atoms with Gasteiger partial charge in [0.2, 0.25) is 0 Å². The van der Waals surface area contributed by atoms with E-state index in [1.807, 2.05) is 43.5 Å². The number of carbonyl (C=O) groups excluding carboxylic acids is 1. The summed E-state index contributed by atoms with van der Waals surface area (Å²) in [4.78, 5) is 24.7. The van der Waals surface area contributed by atoms with Gasteiger partial charge in [-0.05, 0) is 31.9 Å². The molecule has 0 radical (unpaired) electrons. The number of rotatable bonds is 8. The SMILES string of the molecule is CCCCc1c(-c2ccc3ccccc3n2)c(C(N)=O)c(C)n1CCc1cnc[nH]1. The molecule has 0 aliphatic rings. The van der Waals surface area contributed by atoms with E-state index in [-0.39, 0.29) is 0 Å². The van der Waals surface area contributed by atoms with E-state index in [1.165, 1.54) is 0 Å². The number of nitrogens with zero attached hydrogens (tertiary/aromatic N) is 3. The van der Waals surface area contributed by atoms with Gasteiger partial charge in [-0.1, -0.05) is 37.6 Å². The fourth-order valence-electron chi connectivity index (χ4n) is 4.14. The van der Waals surface area contributed by atoms with Crippen molar-refractivity contribution in [1.29, 1.82) is 0 Å². The predicted octanol–water partition coefficient (Wildman–Crippen LogP) is 4.42. The Morgan fingerprint density at radius 3 is 2.73 bits per heavy atom. The molecule has 3 N–H and O–H groups in total. The van der Waals surface area contributed by atoms with Crippen LogP contribution < -0.4 is 5.73 Å². The van der Waals surface area contributed by atoms with Crippen molar-refractivity contribution >= 4 is 16.8 Å². The molecule has 0 spiro atoms. The number of para-hydroxylation sites is 1. The molecule has 0 bridgehead atoms. The average molecular weight is 402 g/mol. The van der Waals surface area contributed by atoms with Crippen molar-refractivity contribution in [2.45, 2.75) is 46.1 Å². The summed E-state index contributed by atoms with van der Waals surface area (Å²) in [6.07, 6.45) is 7.31. The van der Waals surface area contributed by atoms with E-state index in [4.69, 9.17) is 10.7 Å². The first-order valence-corrected chi connectivity index (χ1v) is 10.4. The van der Waals surface area contributed by atoms with E-state index in [9.17, 15) is 4.79 Å². The molecule has 0 aliphatic carbocycles. The lowest BCUT2D eigenvalue weighted by molar-refractivity contribution is 0.1000. The van der Waals surface area contributed by atoms with E-state index in [0.29, 0.717) is 5.56 Å². The van der Waals surface area contributed by atoms with Crippen LogP contribution in [0.25, 0.3) is 22.2 Å². The molecule has 0 atom stereocenters. The Labute approximate surface area is 176 Å². The minimum Gasteiger partial charge on any atom is -0.366 e. The number of aromatic nitrogens is 4. The van der Waals surface area contributed by atoms with Crippen LogP contribution in [0.3, 0.4) is 0 Å². The molecule has 0 aliphatic heterocycles. The Morgan fingerprint density at radius 1 is 1.17 bits per heavy atom. The highest BCUT2D eigenvalue weighted by atomic mass is 16.1. The molecule has 0 saturated carbocycles. The first-order chi connectivity index (χ1) is 14.6. The van der Waals surface area contributed by atoms with Crippen molar-refractivity contribution in [3.63, 3.8) is 0 Å². The van der Waals surface area contributed by atoms with E-state index in [2.05, 4.69) is 27.5 Å². The maximum Gasteiger partial charge on any atom is 0.251 e. The second-order valence-corrected chi connectivity index (χ2v) is 7.62. The summed E-state index contributed by atoms with van der Waals surface area (Å²) in [5.41, 5.74) is 12.1. The van der Waals surface area contributed by atoms with Gasteiger partial charge in [0, 0.05) is 47.2 Å². The molecule has 1 amide bonds. The minimum atomic E-state index is -0.407. The summed E-state index contributed by atoms with van der Waals surface area (Å²) in [6.45, 7) is 4.90. The maximum absolute atomic E-state index is 12.5. The molecule has 4 aromatic rings. The molecule has 1 aromatic carbocycles. The lowest BCUT2D eigenvalue weighted by atomic mass is 10.0. The fourth-order valence-corrected chi connectivity index (χ4v) is 4.14. The quantitative estimate of drug-likeness (QED) is 0.458. The largest absolute Gasteiger partial charge is 0.366 e. The molecule has 0 saturated heterocycles. The van der Waals surface area contributed by atoms with Crippen molar-refractivity contribution in [3.8, 4) is 11.3 Å². The highest BCUT2D eigenvalue weighted by Gasteiger charge is 2.25. The Bertz CT molecular complexity index is 1170. The maximum atomic E-state index is 12.5. The van der Waals surface area contributed by atoms with Gasteiger partial charge >= 0.3 is 0 Å². The molecular formula is C24H27N5O. The molecule has 4 rings (SSSR count). The third-order valence-corrected chi connectivity index (χ3v) is 5.66. The number of hydrogen-bond acceptors (Lipinski definition) is 3. The third-order valence-electron chi connectivity index (χ3n) is 5.66. The number of H-pyrrole nitrogens is 1. The number of pyridine rings is 1. The van der Waals surface area contributed by atoms with Crippen LogP contribution in [-0.2, 0) is 19.4 Å². The van der Waals surface area contributed by atoms with Gasteiger partial charge in [-0.3, -0.25) is 4.79 Å². The predicted molar refractivity (Wildman–Crippen MR) is 119 cm³/mol. The number of fused-ring (bicyclic) bond motifs is 1. The van der Waals surface area contributed by atoms with Crippen LogP contribution in [0.5, 0.6) is 0 Å². The van der Waals surface area contributed by atoms with Gasteiger partial charge in [0.05, 0.1) is 23.1 Å². The Kier molecular flexibility index (Phi) is 5.65. The number of nitrogens with two attached hydrogens (primary N) is 1. The second-order valence-electron chi connectivity index (χ2n) is 7.62. The molecule has 3 heterocycles. The molecule has 6 heteroatoms. The monoisotopic (exact) mass is 401 g/mol. The number of primary amides is 1. The van der Waals surface area contributed by atoms with Crippen LogP contribution in [0.15, 0.2) is 48.9 Å². The van der Waals surface area contributed by atoms with Gasteiger partial charge in [-0.25, -0.2) is 9.97 Å². The van der Waals surface area contributed by atoms with Gasteiger partial charge < -0.3 is 15.3 Å². The molecule has 6 nitrogen and oxygen atoms in total. The van der Waals surface area contributed by atoms with Gasteiger partial charge in [-0.2, -0.15) is 0 Å². The van der Waals surface area contributed by atoms with Crippen LogP contribution in [-0.4, -0.2) is 25.4 Å². The topological polar surface area (TPSA) is 89.6 Å². The Morgan fingerprint density at radius 2 is 2.00 bits per heavy atom. The highest BCUT2D eigenvalue weighted by Crippen LogP contribution is 2.34.